The summed E-state index contributed by atoms with van der Waals surface area (Å²) in [7, 11) is 0. The van der Waals surface area contributed by atoms with Gasteiger partial charge in [-0.15, -0.1) is 0 Å². The summed E-state index contributed by atoms with van der Waals surface area (Å²) in [6.07, 6.45) is 2.84. The molecule has 0 spiro atoms. The van der Waals surface area contributed by atoms with Crippen molar-refractivity contribution < 1.29 is 9.18 Å². The molecule has 1 aromatic rings. The summed E-state index contributed by atoms with van der Waals surface area (Å²) < 4.78 is 13.2. The van der Waals surface area contributed by atoms with Crippen LogP contribution >= 0.6 is 0 Å². The topological polar surface area (TPSA) is 55.1 Å². The summed E-state index contributed by atoms with van der Waals surface area (Å²) in [6.45, 7) is 2.90. The highest BCUT2D eigenvalue weighted by atomic mass is 19.1. The molecule has 1 aliphatic carbocycles. The second kappa shape index (κ2) is 5.06. The Morgan fingerprint density at radius 3 is 3.00 bits per heavy atom. The minimum atomic E-state index is -0.398. The molecule has 0 bridgehead atoms. The largest absolute Gasteiger partial charge is 0.370 e. The maximum absolute atomic E-state index is 13.2. The molecular weight excluding hydrogens is 231 g/mol. The van der Waals surface area contributed by atoms with Crippen molar-refractivity contribution in [2.24, 2.45) is 5.73 Å². The third-order valence-electron chi connectivity index (χ3n) is 3.59. The van der Waals surface area contributed by atoms with Crippen molar-refractivity contribution in [1.82, 2.24) is 5.32 Å². The number of halogens is 1. The second-order valence-electron chi connectivity index (χ2n) is 4.95. The van der Waals surface area contributed by atoms with Gasteiger partial charge in [-0.25, -0.2) is 4.39 Å². The Kier molecular flexibility index (Phi) is 3.66. The summed E-state index contributed by atoms with van der Waals surface area (Å²) in [5, 5.41) is 3.43. The zero-order chi connectivity index (χ0) is 13.2. The van der Waals surface area contributed by atoms with Crippen LogP contribution in [0.2, 0.25) is 0 Å². The lowest BCUT2D eigenvalue weighted by Crippen LogP contribution is -2.44. The molecule has 0 aromatic heterocycles. The van der Waals surface area contributed by atoms with E-state index in [1.807, 2.05) is 0 Å². The average molecular weight is 250 g/mol. The van der Waals surface area contributed by atoms with Crippen LogP contribution in [-0.2, 0) is 16.8 Å². The molecule has 18 heavy (non-hydrogen) atoms. The Balaban J connectivity index is 2.35. The Morgan fingerprint density at radius 2 is 2.33 bits per heavy atom. The van der Waals surface area contributed by atoms with E-state index in [0.717, 1.165) is 36.9 Å². The third-order valence-corrected chi connectivity index (χ3v) is 3.59. The molecule has 0 saturated carbocycles. The molecule has 1 atom stereocenters. The van der Waals surface area contributed by atoms with Crippen LogP contribution in [0.3, 0.4) is 0 Å². The van der Waals surface area contributed by atoms with Gasteiger partial charge in [0.1, 0.15) is 5.82 Å². The van der Waals surface area contributed by atoms with Crippen molar-refractivity contribution >= 4 is 5.91 Å². The summed E-state index contributed by atoms with van der Waals surface area (Å²) in [5.41, 5.74) is 6.98. The lowest BCUT2D eigenvalue weighted by Gasteiger charge is -2.31. The number of benzene rings is 1. The van der Waals surface area contributed by atoms with E-state index >= 15 is 0 Å². The van der Waals surface area contributed by atoms with E-state index < -0.39 is 5.54 Å². The van der Waals surface area contributed by atoms with Gasteiger partial charge in [0, 0.05) is 6.42 Å². The van der Waals surface area contributed by atoms with Gasteiger partial charge in [-0.3, -0.25) is 4.79 Å². The van der Waals surface area contributed by atoms with Crippen LogP contribution in [0.15, 0.2) is 18.2 Å². The first-order chi connectivity index (χ1) is 8.57. The predicted molar refractivity (Wildman–Crippen MR) is 68.5 cm³/mol. The lowest BCUT2D eigenvalue weighted by molar-refractivity contribution is -0.119. The molecule has 1 aliphatic rings. The lowest BCUT2D eigenvalue weighted by atomic mass is 9.87. The zero-order valence-corrected chi connectivity index (χ0v) is 10.6. The minimum Gasteiger partial charge on any atom is -0.370 e. The van der Waals surface area contributed by atoms with E-state index in [-0.39, 0.29) is 18.1 Å². The van der Waals surface area contributed by atoms with Gasteiger partial charge < -0.3 is 11.1 Å². The Bertz CT molecular complexity index is 461. The molecule has 3 nitrogen and oxygen atoms in total. The smallest absolute Gasteiger partial charge is 0.219 e. The van der Waals surface area contributed by atoms with E-state index in [1.165, 1.54) is 6.07 Å². The van der Waals surface area contributed by atoms with E-state index in [1.54, 1.807) is 12.1 Å². The standard InChI is InChI=1S/C14H19FN2O/c1-2-7-17-14(9-13(16)18)6-5-10-8-11(15)3-4-12(10)14/h3-4,8,17H,2,5-7,9H2,1H3,(H2,16,18). The average Bonchev–Trinajstić information content (AvgIpc) is 2.64. The molecule has 1 unspecified atom stereocenters. The van der Waals surface area contributed by atoms with Gasteiger partial charge in [0.05, 0.1) is 5.54 Å². The molecule has 4 heteroatoms. The fourth-order valence-corrected chi connectivity index (χ4v) is 2.81. The summed E-state index contributed by atoms with van der Waals surface area (Å²) in [4.78, 5) is 11.3. The van der Waals surface area contributed by atoms with Crippen molar-refractivity contribution in [3.05, 3.63) is 35.1 Å². The molecule has 3 N–H and O–H groups in total. The van der Waals surface area contributed by atoms with Gasteiger partial charge in [-0.2, -0.15) is 0 Å². The van der Waals surface area contributed by atoms with Crippen molar-refractivity contribution in [3.8, 4) is 0 Å². The molecule has 1 amide bonds. The number of fused-ring (bicyclic) bond motifs is 1. The van der Waals surface area contributed by atoms with Crippen LogP contribution in [0.5, 0.6) is 0 Å². The number of carbonyl (C=O) groups excluding carboxylic acids is 1. The number of primary amides is 1. The fraction of sp³-hybridized carbons (Fsp3) is 0.500. The van der Waals surface area contributed by atoms with Crippen LogP contribution in [0.25, 0.3) is 0 Å². The van der Waals surface area contributed by atoms with Crippen molar-refractivity contribution in [2.75, 3.05) is 6.54 Å². The number of carbonyl (C=O) groups is 1. The quantitative estimate of drug-likeness (QED) is 0.837. The minimum absolute atomic E-state index is 0.223. The number of rotatable bonds is 5. The van der Waals surface area contributed by atoms with Gasteiger partial charge >= 0.3 is 0 Å². The molecule has 98 valence electrons. The third kappa shape index (κ3) is 2.38. The van der Waals surface area contributed by atoms with Crippen LogP contribution in [0, 0.1) is 5.82 Å². The normalized spacial score (nSPS) is 21.9. The van der Waals surface area contributed by atoms with E-state index in [2.05, 4.69) is 12.2 Å². The molecule has 2 rings (SSSR count). The molecule has 0 fully saturated rings. The van der Waals surface area contributed by atoms with Crippen molar-refractivity contribution in [2.45, 2.75) is 38.1 Å². The molecule has 0 aliphatic heterocycles. The van der Waals surface area contributed by atoms with Gasteiger partial charge in [-0.05, 0) is 49.1 Å². The molecular formula is C14H19FN2O. The summed E-state index contributed by atoms with van der Waals surface area (Å²) in [5.74, 6) is -0.546. The Hall–Kier alpha value is -1.42. The monoisotopic (exact) mass is 250 g/mol. The number of nitrogens with one attached hydrogen (secondary N) is 1. The van der Waals surface area contributed by atoms with Gasteiger partial charge in [0.15, 0.2) is 0 Å². The van der Waals surface area contributed by atoms with E-state index in [0.29, 0.717) is 0 Å². The number of aryl methyl sites for hydroxylation is 1. The highest BCUT2D eigenvalue weighted by Crippen LogP contribution is 2.39. The van der Waals surface area contributed by atoms with Gasteiger partial charge in [0.2, 0.25) is 5.91 Å². The number of hydrogen-bond donors (Lipinski definition) is 2. The molecule has 0 heterocycles. The zero-order valence-electron chi connectivity index (χ0n) is 10.6. The second-order valence-corrected chi connectivity index (χ2v) is 4.95. The fourth-order valence-electron chi connectivity index (χ4n) is 2.81. The van der Waals surface area contributed by atoms with E-state index in [9.17, 15) is 9.18 Å². The van der Waals surface area contributed by atoms with Crippen LogP contribution < -0.4 is 11.1 Å². The van der Waals surface area contributed by atoms with Gasteiger partial charge in [0.25, 0.3) is 0 Å². The SMILES string of the molecule is CCCNC1(CC(N)=O)CCc2cc(F)ccc21. The molecule has 0 radical (unpaired) electrons. The van der Waals surface area contributed by atoms with Crippen LogP contribution in [-0.4, -0.2) is 12.5 Å². The number of hydrogen-bond acceptors (Lipinski definition) is 2. The first-order valence-corrected chi connectivity index (χ1v) is 6.39. The first-order valence-electron chi connectivity index (χ1n) is 6.39. The Morgan fingerprint density at radius 1 is 1.56 bits per heavy atom. The summed E-state index contributed by atoms with van der Waals surface area (Å²) >= 11 is 0. The molecule has 0 saturated heterocycles. The maximum Gasteiger partial charge on any atom is 0.219 e. The highest BCUT2D eigenvalue weighted by molar-refractivity contribution is 5.76. The number of amides is 1. The highest BCUT2D eigenvalue weighted by Gasteiger charge is 2.39. The first kappa shape index (κ1) is 13.0. The summed E-state index contributed by atoms with van der Waals surface area (Å²) in [6, 6.07) is 4.79. The molecule has 1 aromatic carbocycles. The number of nitrogens with two attached hydrogens (primary N) is 1. The van der Waals surface area contributed by atoms with E-state index in [4.69, 9.17) is 5.73 Å². The van der Waals surface area contributed by atoms with Crippen LogP contribution in [0.1, 0.15) is 37.3 Å². The van der Waals surface area contributed by atoms with Crippen LogP contribution in [0.4, 0.5) is 4.39 Å². The van der Waals surface area contributed by atoms with Crippen molar-refractivity contribution in [3.63, 3.8) is 0 Å². The van der Waals surface area contributed by atoms with Crippen molar-refractivity contribution in [1.29, 1.82) is 0 Å². The van der Waals surface area contributed by atoms with Gasteiger partial charge in [-0.1, -0.05) is 13.0 Å². The maximum atomic E-state index is 13.2. The predicted octanol–water partition coefficient (Wildman–Crippen LogP) is 1.84. The Labute approximate surface area is 107 Å².